The lowest BCUT2D eigenvalue weighted by atomic mass is 10.0. The zero-order valence-electron chi connectivity index (χ0n) is 18.1. The average Bonchev–Trinajstić information content (AvgIpc) is 3.18. The molecule has 0 aliphatic carbocycles. The highest BCUT2D eigenvalue weighted by Crippen LogP contribution is 2.35. The number of hydrogen-bond donors (Lipinski definition) is 1. The fourth-order valence-corrected chi connectivity index (χ4v) is 4.45. The molecule has 1 aliphatic rings. The van der Waals surface area contributed by atoms with Crippen molar-refractivity contribution in [1.82, 2.24) is 5.32 Å². The molecular weight excluding hydrogens is 428 g/mol. The molecule has 1 heterocycles. The van der Waals surface area contributed by atoms with E-state index in [1.54, 1.807) is 0 Å². The number of fused-ring (bicyclic) bond motifs is 1. The molecule has 0 atom stereocenters. The molecule has 1 fully saturated rings. The second-order valence-electron chi connectivity index (χ2n) is 7.79. The van der Waals surface area contributed by atoms with Crippen molar-refractivity contribution in [1.29, 1.82) is 0 Å². The zero-order valence-corrected chi connectivity index (χ0v) is 18.9. The number of rotatable bonds is 5. The summed E-state index contributed by atoms with van der Waals surface area (Å²) < 4.78 is 6.22. The number of nitrogens with zero attached hydrogens (tertiary/aromatic N) is 1. The molecule has 5 rings (SSSR count). The Labute approximate surface area is 197 Å². The maximum atomic E-state index is 12.7. The Hall–Kier alpha value is -3.83. The number of nitrogens with one attached hydrogen (secondary N) is 1. The summed E-state index contributed by atoms with van der Waals surface area (Å²) in [5.74, 6) is 0.579. The summed E-state index contributed by atoms with van der Waals surface area (Å²) in [6.07, 6.45) is 1.90. The van der Waals surface area contributed by atoms with E-state index in [0.717, 1.165) is 33.3 Å². The fraction of sp³-hybridized carbons (Fsp3) is 0.0714. The lowest BCUT2D eigenvalue weighted by Crippen LogP contribution is -2.19. The first-order chi connectivity index (χ1) is 16.2. The molecule has 1 aliphatic heterocycles. The minimum absolute atomic E-state index is 0.160. The minimum Gasteiger partial charge on any atom is -0.488 e. The van der Waals surface area contributed by atoms with Gasteiger partial charge < -0.3 is 10.1 Å². The Bertz CT molecular complexity index is 1380. The standard InChI is InChI=1S/C28H22N2O2S/c1-19-11-13-20(14-12-19)18-32-25-16-15-21-7-5-6-10-23(21)24(25)17-26-27(31)30-28(33-26)29-22-8-3-2-4-9-22/h2-17H,18H2,1H3,(H,29,30,31)/b26-17-. The van der Waals surface area contributed by atoms with Crippen LogP contribution in [0.5, 0.6) is 5.75 Å². The number of carbonyl (C=O) groups is 1. The van der Waals surface area contributed by atoms with Crippen molar-refractivity contribution in [2.45, 2.75) is 13.5 Å². The molecule has 1 N–H and O–H groups in total. The molecule has 1 amide bonds. The van der Waals surface area contributed by atoms with Gasteiger partial charge in [-0.3, -0.25) is 4.79 Å². The van der Waals surface area contributed by atoms with Crippen LogP contribution in [-0.2, 0) is 11.4 Å². The molecule has 5 heteroatoms. The first-order valence-corrected chi connectivity index (χ1v) is 11.5. The summed E-state index contributed by atoms with van der Waals surface area (Å²) in [6.45, 7) is 2.52. The number of aryl methyl sites for hydroxylation is 1. The van der Waals surface area contributed by atoms with Crippen molar-refractivity contribution in [2.24, 2.45) is 4.99 Å². The van der Waals surface area contributed by atoms with E-state index in [4.69, 9.17) is 4.74 Å². The smallest absolute Gasteiger partial charge is 0.264 e. The topological polar surface area (TPSA) is 50.7 Å². The number of benzene rings is 4. The fourth-order valence-electron chi connectivity index (χ4n) is 3.63. The Morgan fingerprint density at radius 1 is 0.909 bits per heavy atom. The van der Waals surface area contributed by atoms with Crippen molar-refractivity contribution in [2.75, 3.05) is 0 Å². The van der Waals surface area contributed by atoms with Gasteiger partial charge in [0.05, 0.1) is 10.6 Å². The highest BCUT2D eigenvalue weighted by Gasteiger charge is 2.24. The predicted molar refractivity (Wildman–Crippen MR) is 137 cm³/mol. The summed E-state index contributed by atoms with van der Waals surface area (Å²) in [5, 5.41) is 5.56. The maximum Gasteiger partial charge on any atom is 0.264 e. The van der Waals surface area contributed by atoms with Gasteiger partial charge in [0.15, 0.2) is 5.17 Å². The first-order valence-electron chi connectivity index (χ1n) is 10.7. The highest BCUT2D eigenvalue weighted by atomic mass is 32.2. The highest BCUT2D eigenvalue weighted by molar-refractivity contribution is 8.18. The van der Waals surface area contributed by atoms with Crippen LogP contribution in [-0.4, -0.2) is 11.1 Å². The lowest BCUT2D eigenvalue weighted by molar-refractivity contribution is -0.115. The van der Waals surface area contributed by atoms with Gasteiger partial charge in [-0.25, -0.2) is 4.99 Å². The van der Waals surface area contributed by atoms with Crippen molar-refractivity contribution in [3.63, 3.8) is 0 Å². The van der Waals surface area contributed by atoms with Crippen LogP contribution in [0.15, 0.2) is 101 Å². The van der Waals surface area contributed by atoms with E-state index >= 15 is 0 Å². The van der Waals surface area contributed by atoms with Crippen LogP contribution in [0.25, 0.3) is 16.8 Å². The van der Waals surface area contributed by atoms with E-state index in [-0.39, 0.29) is 5.91 Å². The number of aliphatic imine (C=N–C) groups is 1. The molecule has 0 unspecified atom stereocenters. The van der Waals surface area contributed by atoms with Crippen LogP contribution in [0, 0.1) is 6.92 Å². The van der Waals surface area contributed by atoms with Crippen LogP contribution in [0.3, 0.4) is 0 Å². The second-order valence-corrected chi connectivity index (χ2v) is 8.82. The van der Waals surface area contributed by atoms with E-state index in [9.17, 15) is 4.79 Å². The van der Waals surface area contributed by atoms with E-state index in [1.165, 1.54) is 17.3 Å². The normalized spacial score (nSPS) is 15.8. The van der Waals surface area contributed by atoms with Crippen molar-refractivity contribution in [3.8, 4) is 5.75 Å². The molecule has 4 aromatic rings. The third-order valence-electron chi connectivity index (χ3n) is 5.36. The molecule has 4 aromatic carbocycles. The van der Waals surface area contributed by atoms with Gasteiger partial charge in [-0.15, -0.1) is 0 Å². The molecular formula is C28H22N2O2S. The molecule has 4 nitrogen and oxygen atoms in total. The molecule has 0 radical (unpaired) electrons. The second kappa shape index (κ2) is 9.35. The molecule has 162 valence electrons. The Kier molecular flexibility index (Phi) is 5.96. The van der Waals surface area contributed by atoms with Crippen molar-refractivity contribution < 1.29 is 9.53 Å². The summed E-state index contributed by atoms with van der Waals surface area (Å²) in [6, 6.07) is 30.0. The van der Waals surface area contributed by atoms with Crippen LogP contribution in [0.2, 0.25) is 0 Å². The number of carbonyl (C=O) groups excluding carboxylic acids is 1. The van der Waals surface area contributed by atoms with Gasteiger partial charge in [-0.2, -0.15) is 0 Å². The van der Waals surface area contributed by atoms with Crippen LogP contribution < -0.4 is 10.1 Å². The quantitative estimate of drug-likeness (QED) is 0.348. The summed E-state index contributed by atoms with van der Waals surface area (Å²) in [4.78, 5) is 17.8. The number of amides is 1. The molecule has 0 aromatic heterocycles. The van der Waals surface area contributed by atoms with Crippen molar-refractivity contribution >= 4 is 45.4 Å². The number of thioether (sulfide) groups is 1. The third kappa shape index (κ3) is 4.83. The molecule has 0 bridgehead atoms. The maximum absolute atomic E-state index is 12.7. The van der Waals surface area contributed by atoms with E-state index < -0.39 is 0 Å². The number of amidine groups is 1. The summed E-state index contributed by atoms with van der Waals surface area (Å²) in [7, 11) is 0. The van der Waals surface area contributed by atoms with E-state index in [2.05, 4.69) is 53.6 Å². The van der Waals surface area contributed by atoms with E-state index in [0.29, 0.717) is 16.7 Å². The molecule has 1 saturated heterocycles. The Morgan fingerprint density at radius 3 is 2.48 bits per heavy atom. The van der Waals surface area contributed by atoms with Crippen LogP contribution in [0.4, 0.5) is 5.69 Å². The van der Waals surface area contributed by atoms with Crippen molar-refractivity contribution in [3.05, 3.63) is 113 Å². The van der Waals surface area contributed by atoms with Gasteiger partial charge in [-0.05, 0) is 59.3 Å². The van der Waals surface area contributed by atoms with Gasteiger partial charge in [0, 0.05) is 5.56 Å². The Balaban J connectivity index is 1.49. The predicted octanol–water partition coefficient (Wildman–Crippen LogP) is 6.62. The monoisotopic (exact) mass is 450 g/mol. The SMILES string of the molecule is Cc1ccc(COc2ccc3ccccc3c2/C=C2\SC(=Nc3ccccc3)NC2=O)cc1. The Morgan fingerprint density at radius 2 is 1.67 bits per heavy atom. The average molecular weight is 451 g/mol. The lowest BCUT2D eigenvalue weighted by Gasteiger charge is -2.13. The summed E-state index contributed by atoms with van der Waals surface area (Å²) in [5.41, 5.74) is 4.00. The zero-order chi connectivity index (χ0) is 22.6. The number of para-hydroxylation sites is 1. The molecule has 0 spiro atoms. The largest absolute Gasteiger partial charge is 0.488 e. The third-order valence-corrected chi connectivity index (χ3v) is 6.27. The molecule has 33 heavy (non-hydrogen) atoms. The van der Waals surface area contributed by atoms with Gasteiger partial charge in [0.2, 0.25) is 0 Å². The van der Waals surface area contributed by atoms with Gasteiger partial charge in [0.25, 0.3) is 5.91 Å². The number of hydrogen-bond acceptors (Lipinski definition) is 4. The minimum atomic E-state index is -0.160. The van der Waals surface area contributed by atoms with Crippen LogP contribution in [0.1, 0.15) is 16.7 Å². The molecule has 0 saturated carbocycles. The van der Waals surface area contributed by atoms with Gasteiger partial charge >= 0.3 is 0 Å². The first kappa shape index (κ1) is 21.0. The van der Waals surface area contributed by atoms with E-state index in [1.807, 2.05) is 60.7 Å². The number of ether oxygens (including phenoxy) is 1. The summed E-state index contributed by atoms with van der Waals surface area (Å²) >= 11 is 1.34. The van der Waals surface area contributed by atoms with Crippen LogP contribution >= 0.6 is 11.8 Å². The van der Waals surface area contributed by atoms with Gasteiger partial charge in [0.1, 0.15) is 12.4 Å². The van der Waals surface area contributed by atoms with Gasteiger partial charge in [-0.1, -0.05) is 78.4 Å².